The van der Waals surface area contributed by atoms with Gasteiger partial charge in [0, 0.05) is 37.3 Å². The summed E-state index contributed by atoms with van der Waals surface area (Å²) in [6.45, 7) is 7.05. The number of carbonyl (C=O) groups excluding carboxylic acids is 1. The molecule has 1 aliphatic heterocycles. The molecule has 1 amide bonds. The fourth-order valence-electron chi connectivity index (χ4n) is 5.67. The Balaban J connectivity index is 1.36. The highest BCUT2D eigenvalue weighted by molar-refractivity contribution is 5.92. The van der Waals surface area contributed by atoms with Gasteiger partial charge in [0.25, 0.3) is 0 Å². The lowest BCUT2D eigenvalue weighted by Gasteiger charge is -2.43. The number of hydrogen-bond donors (Lipinski definition) is 2. The predicted octanol–water partition coefficient (Wildman–Crippen LogP) is 3.39. The van der Waals surface area contributed by atoms with E-state index >= 15 is 0 Å². The SMILES string of the molecule is CC1CN(Cc2cccc(NC(=O)C3CC4CCCC(C3)C4N)c2)CC(C)O1. The number of rotatable bonds is 4. The minimum atomic E-state index is 0.111. The zero-order chi connectivity index (χ0) is 19.7. The lowest BCUT2D eigenvalue weighted by atomic mass is 9.65. The van der Waals surface area contributed by atoms with Crippen molar-refractivity contribution < 1.29 is 9.53 Å². The van der Waals surface area contributed by atoms with E-state index in [1.807, 2.05) is 12.1 Å². The lowest BCUT2D eigenvalue weighted by molar-refractivity contribution is -0.122. The van der Waals surface area contributed by atoms with Gasteiger partial charge in [-0.3, -0.25) is 9.69 Å². The third kappa shape index (κ3) is 4.58. The largest absolute Gasteiger partial charge is 0.373 e. The minimum Gasteiger partial charge on any atom is -0.373 e. The first-order valence-corrected chi connectivity index (χ1v) is 11.0. The van der Waals surface area contributed by atoms with Crippen molar-refractivity contribution in [1.29, 1.82) is 0 Å². The highest BCUT2D eigenvalue weighted by Crippen LogP contribution is 2.42. The second-order valence-electron chi connectivity index (χ2n) is 9.34. The van der Waals surface area contributed by atoms with Crippen molar-refractivity contribution in [2.24, 2.45) is 23.5 Å². The van der Waals surface area contributed by atoms with Crippen LogP contribution in [0.2, 0.25) is 0 Å². The normalized spacial score (nSPS) is 36.1. The summed E-state index contributed by atoms with van der Waals surface area (Å²) in [7, 11) is 0. The number of nitrogens with two attached hydrogens (primary N) is 1. The highest BCUT2D eigenvalue weighted by atomic mass is 16.5. The third-order valence-corrected chi connectivity index (χ3v) is 6.88. The Bertz CT molecular complexity index is 670. The van der Waals surface area contributed by atoms with Crippen LogP contribution in [0.15, 0.2) is 24.3 Å². The maximum Gasteiger partial charge on any atom is 0.227 e. The summed E-state index contributed by atoms with van der Waals surface area (Å²) in [5.74, 6) is 1.34. The average Bonchev–Trinajstić information content (AvgIpc) is 2.60. The van der Waals surface area contributed by atoms with Crippen molar-refractivity contribution in [1.82, 2.24) is 4.90 Å². The van der Waals surface area contributed by atoms with Gasteiger partial charge < -0.3 is 15.8 Å². The third-order valence-electron chi connectivity index (χ3n) is 6.88. The summed E-state index contributed by atoms with van der Waals surface area (Å²) in [5, 5.41) is 3.19. The summed E-state index contributed by atoms with van der Waals surface area (Å²) in [6.07, 6.45) is 6.09. The molecule has 0 aromatic heterocycles. The van der Waals surface area contributed by atoms with Crippen molar-refractivity contribution in [2.45, 2.75) is 70.7 Å². The summed E-state index contributed by atoms with van der Waals surface area (Å²) in [5.41, 5.74) is 8.53. The second-order valence-corrected chi connectivity index (χ2v) is 9.34. The van der Waals surface area contributed by atoms with Gasteiger partial charge in [-0.15, -0.1) is 0 Å². The van der Waals surface area contributed by atoms with Crippen molar-refractivity contribution in [3.05, 3.63) is 29.8 Å². The average molecular weight is 386 g/mol. The molecule has 3 fully saturated rings. The van der Waals surface area contributed by atoms with Crippen LogP contribution in [0.3, 0.4) is 0 Å². The summed E-state index contributed by atoms with van der Waals surface area (Å²) in [4.78, 5) is 15.3. The highest BCUT2D eigenvalue weighted by Gasteiger charge is 2.40. The molecule has 0 spiro atoms. The van der Waals surface area contributed by atoms with Crippen LogP contribution in [0.5, 0.6) is 0 Å². The Morgan fingerprint density at radius 3 is 2.54 bits per heavy atom. The van der Waals surface area contributed by atoms with Gasteiger partial charge in [0.05, 0.1) is 12.2 Å². The number of nitrogens with zero attached hydrogens (tertiary/aromatic N) is 1. The molecule has 2 aliphatic carbocycles. The molecule has 2 bridgehead atoms. The van der Waals surface area contributed by atoms with Crippen LogP contribution in [-0.2, 0) is 16.1 Å². The van der Waals surface area contributed by atoms with Crippen LogP contribution in [0.25, 0.3) is 0 Å². The van der Waals surface area contributed by atoms with Crippen molar-refractivity contribution in [3.8, 4) is 0 Å². The van der Waals surface area contributed by atoms with Crippen LogP contribution in [0.4, 0.5) is 5.69 Å². The standard InChI is InChI=1S/C23H35N3O2/c1-15-12-26(13-16(2)28-15)14-17-5-3-8-21(9-17)25-23(27)20-10-18-6-4-7-19(11-20)22(18)24/h3,5,8-9,15-16,18-20,22H,4,6-7,10-14,24H2,1-2H3,(H,25,27). The Labute approximate surface area is 169 Å². The van der Waals surface area contributed by atoms with E-state index in [4.69, 9.17) is 10.5 Å². The number of ether oxygens (including phenoxy) is 1. The molecule has 4 rings (SSSR count). The number of amides is 1. The maximum atomic E-state index is 12.9. The molecule has 1 aromatic rings. The summed E-state index contributed by atoms with van der Waals surface area (Å²) >= 11 is 0. The number of carbonyl (C=O) groups is 1. The molecule has 5 heteroatoms. The molecular weight excluding hydrogens is 350 g/mol. The zero-order valence-corrected chi connectivity index (χ0v) is 17.3. The molecule has 3 aliphatic rings. The number of nitrogens with one attached hydrogen (secondary N) is 1. The Hall–Kier alpha value is -1.43. The molecule has 28 heavy (non-hydrogen) atoms. The van der Waals surface area contributed by atoms with Crippen molar-refractivity contribution in [3.63, 3.8) is 0 Å². The molecule has 1 aromatic carbocycles. The van der Waals surface area contributed by atoms with Crippen LogP contribution >= 0.6 is 0 Å². The van der Waals surface area contributed by atoms with E-state index in [0.717, 1.165) is 38.2 Å². The fraction of sp³-hybridized carbons (Fsp3) is 0.696. The molecule has 4 atom stereocenters. The minimum absolute atomic E-state index is 0.111. The predicted molar refractivity (Wildman–Crippen MR) is 112 cm³/mol. The van der Waals surface area contributed by atoms with E-state index in [0.29, 0.717) is 17.9 Å². The molecule has 1 saturated heterocycles. The molecule has 2 saturated carbocycles. The molecule has 0 radical (unpaired) electrons. The fourth-order valence-corrected chi connectivity index (χ4v) is 5.67. The van der Waals surface area contributed by atoms with E-state index in [9.17, 15) is 4.79 Å². The smallest absolute Gasteiger partial charge is 0.227 e. The van der Waals surface area contributed by atoms with Gasteiger partial charge in [-0.2, -0.15) is 0 Å². The first-order valence-electron chi connectivity index (χ1n) is 11.0. The van der Waals surface area contributed by atoms with Crippen molar-refractivity contribution in [2.75, 3.05) is 18.4 Å². The monoisotopic (exact) mass is 385 g/mol. The zero-order valence-electron chi connectivity index (χ0n) is 17.3. The quantitative estimate of drug-likeness (QED) is 0.834. The molecule has 154 valence electrons. The van der Waals surface area contributed by atoms with E-state index in [1.54, 1.807) is 0 Å². The molecule has 4 unspecified atom stereocenters. The number of benzene rings is 1. The maximum absolute atomic E-state index is 12.9. The Morgan fingerprint density at radius 1 is 1.18 bits per heavy atom. The van der Waals surface area contributed by atoms with Gasteiger partial charge in [0.2, 0.25) is 5.91 Å². The Morgan fingerprint density at radius 2 is 1.86 bits per heavy atom. The number of anilines is 1. The first-order chi connectivity index (χ1) is 13.5. The first kappa shape index (κ1) is 19.9. The van der Waals surface area contributed by atoms with Gasteiger partial charge in [0.1, 0.15) is 0 Å². The summed E-state index contributed by atoms with van der Waals surface area (Å²) in [6, 6.07) is 8.62. The van der Waals surface area contributed by atoms with E-state index in [1.165, 1.54) is 24.8 Å². The molecule has 1 heterocycles. The lowest BCUT2D eigenvalue weighted by Crippen LogP contribution is -2.48. The number of morpholine rings is 1. The van der Waals surface area contributed by atoms with Gasteiger partial charge in [-0.1, -0.05) is 18.6 Å². The molecule has 3 N–H and O–H groups in total. The van der Waals surface area contributed by atoms with Gasteiger partial charge >= 0.3 is 0 Å². The summed E-state index contributed by atoms with van der Waals surface area (Å²) < 4.78 is 5.83. The molecule has 5 nitrogen and oxygen atoms in total. The van der Waals surface area contributed by atoms with Crippen LogP contribution in [-0.4, -0.2) is 42.1 Å². The Kier molecular flexibility index (Phi) is 6.04. The second kappa shape index (κ2) is 8.52. The van der Waals surface area contributed by atoms with Gasteiger partial charge in [-0.05, 0) is 69.1 Å². The van der Waals surface area contributed by atoms with Gasteiger partial charge in [0.15, 0.2) is 0 Å². The van der Waals surface area contributed by atoms with E-state index < -0.39 is 0 Å². The van der Waals surface area contributed by atoms with E-state index in [2.05, 4.69) is 36.2 Å². The van der Waals surface area contributed by atoms with Crippen LogP contribution < -0.4 is 11.1 Å². The van der Waals surface area contributed by atoms with Crippen molar-refractivity contribution >= 4 is 11.6 Å². The number of fused-ring (bicyclic) bond motifs is 2. The van der Waals surface area contributed by atoms with E-state index in [-0.39, 0.29) is 24.0 Å². The van der Waals surface area contributed by atoms with Crippen LogP contribution in [0.1, 0.15) is 51.5 Å². The van der Waals surface area contributed by atoms with Crippen LogP contribution in [0, 0.1) is 17.8 Å². The van der Waals surface area contributed by atoms with Gasteiger partial charge in [-0.25, -0.2) is 0 Å². The topological polar surface area (TPSA) is 67.6 Å². The molecular formula is C23H35N3O2. The number of hydrogen-bond acceptors (Lipinski definition) is 4.